The first-order valence-electron chi connectivity index (χ1n) is 8.50. The quantitative estimate of drug-likeness (QED) is 0.860. The average Bonchev–Trinajstić information content (AvgIpc) is 3.13. The third kappa shape index (κ3) is 2.88. The van der Waals surface area contributed by atoms with Gasteiger partial charge in [-0.1, -0.05) is 42.5 Å². The molecule has 2 aromatic rings. The lowest BCUT2D eigenvalue weighted by atomic mass is 9.98. The van der Waals surface area contributed by atoms with Gasteiger partial charge < -0.3 is 0 Å². The molecule has 0 aromatic heterocycles. The second-order valence-electron chi connectivity index (χ2n) is 6.61. The van der Waals surface area contributed by atoms with E-state index in [0.717, 1.165) is 25.9 Å². The molecule has 126 valence electrons. The molecule has 1 fully saturated rings. The zero-order chi connectivity index (χ0) is 16.6. The van der Waals surface area contributed by atoms with Crippen molar-refractivity contribution in [3.05, 3.63) is 65.7 Å². The molecular formula is C19H22N2O2S. The fourth-order valence-corrected chi connectivity index (χ4v) is 5.31. The summed E-state index contributed by atoms with van der Waals surface area (Å²) in [5.41, 5.74) is 2.81. The summed E-state index contributed by atoms with van der Waals surface area (Å²) in [7, 11) is -3.36. The summed E-state index contributed by atoms with van der Waals surface area (Å²) in [5, 5.41) is 0. The van der Waals surface area contributed by atoms with Crippen LogP contribution in [-0.2, 0) is 23.0 Å². The van der Waals surface area contributed by atoms with Crippen LogP contribution >= 0.6 is 0 Å². The number of hydrogen-bond donors (Lipinski definition) is 0. The number of fused-ring (bicyclic) bond motifs is 1. The average molecular weight is 342 g/mol. The van der Waals surface area contributed by atoms with Crippen molar-refractivity contribution in [1.29, 1.82) is 0 Å². The molecule has 0 unspecified atom stereocenters. The van der Waals surface area contributed by atoms with Gasteiger partial charge in [0.05, 0.1) is 4.90 Å². The number of rotatable bonds is 3. The van der Waals surface area contributed by atoms with E-state index in [1.807, 2.05) is 6.07 Å². The molecule has 0 N–H and O–H groups in total. The maximum Gasteiger partial charge on any atom is 0.243 e. The minimum atomic E-state index is -3.36. The SMILES string of the molecule is O=S(=O)(c1ccccc1)N1CC[C@H](N2CCc3ccccc3C2)C1. The summed E-state index contributed by atoms with van der Waals surface area (Å²) in [4.78, 5) is 2.85. The molecule has 0 aliphatic carbocycles. The van der Waals surface area contributed by atoms with E-state index in [1.54, 1.807) is 28.6 Å². The summed E-state index contributed by atoms with van der Waals surface area (Å²) >= 11 is 0. The van der Waals surface area contributed by atoms with Crippen LogP contribution in [0.15, 0.2) is 59.5 Å². The molecule has 2 aliphatic rings. The third-order valence-corrected chi connectivity index (χ3v) is 7.06. The van der Waals surface area contributed by atoms with Crippen molar-refractivity contribution in [2.75, 3.05) is 19.6 Å². The Kier molecular flexibility index (Phi) is 4.16. The second-order valence-corrected chi connectivity index (χ2v) is 8.55. The highest BCUT2D eigenvalue weighted by Gasteiger charge is 2.35. The molecule has 0 radical (unpaired) electrons. The van der Waals surface area contributed by atoms with Crippen LogP contribution in [0.3, 0.4) is 0 Å². The number of hydrogen-bond acceptors (Lipinski definition) is 3. The van der Waals surface area contributed by atoms with Gasteiger partial charge in [0.25, 0.3) is 0 Å². The molecule has 0 spiro atoms. The molecule has 2 aliphatic heterocycles. The Morgan fingerprint density at radius 1 is 0.875 bits per heavy atom. The topological polar surface area (TPSA) is 40.6 Å². The monoisotopic (exact) mass is 342 g/mol. The molecule has 2 aromatic carbocycles. The van der Waals surface area contributed by atoms with E-state index in [-0.39, 0.29) is 0 Å². The van der Waals surface area contributed by atoms with Crippen molar-refractivity contribution in [2.45, 2.75) is 30.3 Å². The molecule has 0 saturated carbocycles. The Morgan fingerprint density at radius 2 is 1.58 bits per heavy atom. The van der Waals surface area contributed by atoms with Gasteiger partial charge in [-0.15, -0.1) is 0 Å². The van der Waals surface area contributed by atoms with Crippen molar-refractivity contribution in [3.8, 4) is 0 Å². The highest BCUT2D eigenvalue weighted by atomic mass is 32.2. The Hall–Kier alpha value is -1.69. The van der Waals surface area contributed by atoms with Crippen LogP contribution in [0, 0.1) is 0 Å². The van der Waals surface area contributed by atoms with Crippen LogP contribution in [0.5, 0.6) is 0 Å². The van der Waals surface area contributed by atoms with Gasteiger partial charge in [-0.2, -0.15) is 4.31 Å². The summed E-state index contributed by atoms with van der Waals surface area (Å²) in [6.45, 7) is 3.15. The van der Waals surface area contributed by atoms with Gasteiger partial charge >= 0.3 is 0 Å². The maximum absolute atomic E-state index is 12.8. The molecule has 4 rings (SSSR count). The third-order valence-electron chi connectivity index (χ3n) is 5.18. The number of nitrogens with zero attached hydrogens (tertiary/aromatic N) is 2. The maximum atomic E-state index is 12.8. The summed E-state index contributed by atoms with van der Waals surface area (Å²) < 4.78 is 27.2. The lowest BCUT2D eigenvalue weighted by Crippen LogP contribution is -2.41. The van der Waals surface area contributed by atoms with E-state index < -0.39 is 10.0 Å². The van der Waals surface area contributed by atoms with Gasteiger partial charge in [-0.05, 0) is 36.1 Å². The molecule has 1 atom stereocenters. The first-order valence-corrected chi connectivity index (χ1v) is 9.94. The number of benzene rings is 2. The van der Waals surface area contributed by atoms with Gasteiger partial charge in [0, 0.05) is 32.2 Å². The highest BCUT2D eigenvalue weighted by molar-refractivity contribution is 7.89. The van der Waals surface area contributed by atoms with E-state index in [0.29, 0.717) is 24.0 Å². The van der Waals surface area contributed by atoms with E-state index in [2.05, 4.69) is 29.2 Å². The van der Waals surface area contributed by atoms with E-state index in [1.165, 1.54) is 11.1 Å². The van der Waals surface area contributed by atoms with Gasteiger partial charge in [0.1, 0.15) is 0 Å². The van der Waals surface area contributed by atoms with Gasteiger partial charge in [-0.25, -0.2) is 8.42 Å². The zero-order valence-corrected chi connectivity index (χ0v) is 14.5. The van der Waals surface area contributed by atoms with Crippen molar-refractivity contribution >= 4 is 10.0 Å². The Labute approximate surface area is 143 Å². The minimum absolute atomic E-state index is 0.317. The van der Waals surface area contributed by atoms with Crippen LogP contribution < -0.4 is 0 Å². The molecule has 2 heterocycles. The van der Waals surface area contributed by atoms with Crippen LogP contribution in [-0.4, -0.2) is 43.3 Å². The van der Waals surface area contributed by atoms with Crippen molar-refractivity contribution in [1.82, 2.24) is 9.21 Å². The second kappa shape index (κ2) is 6.31. The van der Waals surface area contributed by atoms with E-state index in [4.69, 9.17) is 0 Å². The van der Waals surface area contributed by atoms with E-state index in [9.17, 15) is 8.42 Å². The van der Waals surface area contributed by atoms with E-state index >= 15 is 0 Å². The normalized spacial score (nSPS) is 22.4. The first kappa shape index (κ1) is 15.8. The lowest BCUT2D eigenvalue weighted by molar-refractivity contribution is 0.185. The Balaban J connectivity index is 1.48. The molecular weight excluding hydrogens is 320 g/mol. The fourth-order valence-electron chi connectivity index (χ4n) is 3.80. The lowest BCUT2D eigenvalue weighted by Gasteiger charge is -2.33. The van der Waals surface area contributed by atoms with Crippen LogP contribution in [0.25, 0.3) is 0 Å². The van der Waals surface area contributed by atoms with Crippen molar-refractivity contribution in [3.63, 3.8) is 0 Å². The fraction of sp³-hybridized carbons (Fsp3) is 0.368. The predicted molar refractivity (Wildman–Crippen MR) is 94.2 cm³/mol. The molecule has 4 nitrogen and oxygen atoms in total. The zero-order valence-electron chi connectivity index (χ0n) is 13.6. The smallest absolute Gasteiger partial charge is 0.243 e. The first-order chi connectivity index (χ1) is 11.6. The van der Waals surface area contributed by atoms with Gasteiger partial charge in [0.15, 0.2) is 0 Å². The molecule has 1 saturated heterocycles. The molecule has 24 heavy (non-hydrogen) atoms. The standard InChI is InChI=1S/C19H22N2O2S/c22-24(23,19-8-2-1-3-9-19)21-13-11-18(15-21)20-12-10-16-6-4-5-7-17(16)14-20/h1-9,18H,10-15H2/t18-/m0/s1. The largest absolute Gasteiger partial charge is 0.294 e. The van der Waals surface area contributed by atoms with Crippen LogP contribution in [0.4, 0.5) is 0 Å². The highest BCUT2D eigenvalue weighted by Crippen LogP contribution is 2.27. The predicted octanol–water partition coefficient (Wildman–Crippen LogP) is 2.51. The molecule has 0 amide bonds. The number of sulfonamides is 1. The Bertz CT molecular complexity index is 820. The minimum Gasteiger partial charge on any atom is -0.294 e. The molecule has 0 bridgehead atoms. The summed E-state index contributed by atoms with van der Waals surface area (Å²) in [6.07, 6.45) is 1.96. The van der Waals surface area contributed by atoms with Crippen molar-refractivity contribution < 1.29 is 8.42 Å². The van der Waals surface area contributed by atoms with Crippen molar-refractivity contribution in [2.24, 2.45) is 0 Å². The van der Waals surface area contributed by atoms with Crippen LogP contribution in [0.2, 0.25) is 0 Å². The van der Waals surface area contributed by atoms with Gasteiger partial charge in [-0.3, -0.25) is 4.90 Å². The van der Waals surface area contributed by atoms with Gasteiger partial charge in [0.2, 0.25) is 10.0 Å². The van der Waals surface area contributed by atoms with Crippen LogP contribution in [0.1, 0.15) is 17.5 Å². The summed E-state index contributed by atoms with van der Waals surface area (Å²) in [5.74, 6) is 0. The molecule has 5 heteroatoms. The summed E-state index contributed by atoms with van der Waals surface area (Å²) in [6, 6.07) is 17.7. The Morgan fingerprint density at radius 3 is 2.38 bits per heavy atom.